The van der Waals surface area contributed by atoms with Crippen LogP contribution >= 0.6 is 0 Å². The van der Waals surface area contributed by atoms with Gasteiger partial charge >= 0.3 is 91.2 Å². The monoisotopic (exact) mass is 294 g/mol. The molecule has 80 valence electrons. The molecule has 0 saturated heterocycles. The number of rotatable bonds is 3. The van der Waals surface area contributed by atoms with Crippen LogP contribution < -0.4 is 0 Å². The van der Waals surface area contributed by atoms with Crippen molar-refractivity contribution in [3.8, 4) is 0 Å². The van der Waals surface area contributed by atoms with Crippen molar-refractivity contribution in [3.05, 3.63) is 0 Å². The zero-order valence-electron chi connectivity index (χ0n) is 10.9. The summed E-state index contributed by atoms with van der Waals surface area (Å²) in [5.74, 6) is 0. The Morgan fingerprint density at radius 2 is 0.615 bits per heavy atom. The Morgan fingerprint density at radius 1 is 0.462 bits per heavy atom. The minimum absolute atomic E-state index is 0.458. The van der Waals surface area contributed by atoms with Crippen molar-refractivity contribution in [1.82, 2.24) is 0 Å². The fourth-order valence-corrected chi connectivity index (χ4v) is 141. The van der Waals surface area contributed by atoms with Gasteiger partial charge in [-0.1, -0.05) is 0 Å². The van der Waals surface area contributed by atoms with Gasteiger partial charge in [0.2, 0.25) is 0 Å². The fourth-order valence-electron chi connectivity index (χ4n) is 3.02. The van der Waals surface area contributed by atoms with E-state index in [2.05, 4.69) is 58.9 Å². The van der Waals surface area contributed by atoms with Gasteiger partial charge in [0.25, 0.3) is 0 Å². The third-order valence-corrected chi connectivity index (χ3v) is 94.1. The molecule has 0 aromatic rings. The van der Waals surface area contributed by atoms with Gasteiger partial charge in [-0.05, 0) is 0 Å². The molecule has 0 spiro atoms. The van der Waals surface area contributed by atoms with Crippen LogP contribution in [0.3, 0.4) is 0 Å². The molecule has 4 heteroatoms. The van der Waals surface area contributed by atoms with Crippen molar-refractivity contribution in [2.75, 3.05) is 0 Å². The Labute approximate surface area is 91.0 Å². The first-order valence-electron chi connectivity index (χ1n) is 5.17. The molecule has 0 bridgehead atoms. The van der Waals surface area contributed by atoms with Crippen molar-refractivity contribution >= 4 is 32.3 Å². The molecule has 0 aliphatic carbocycles. The van der Waals surface area contributed by atoms with Crippen LogP contribution in [0.15, 0.2) is 0 Å². The molecule has 0 fully saturated rings. The first-order chi connectivity index (χ1) is 5.37. The van der Waals surface area contributed by atoms with Crippen LogP contribution in [0.1, 0.15) is 0 Å². The van der Waals surface area contributed by atoms with E-state index in [0.717, 1.165) is 0 Å². The summed E-state index contributed by atoms with van der Waals surface area (Å²) >= 11 is -0.458. The summed E-state index contributed by atoms with van der Waals surface area (Å²) < 4.78 is 0. The van der Waals surface area contributed by atoms with E-state index in [0.29, 0.717) is 0 Å². The molecule has 0 rings (SSSR count). The van der Waals surface area contributed by atoms with Crippen LogP contribution in [-0.4, -0.2) is 32.3 Å². The van der Waals surface area contributed by atoms with Gasteiger partial charge in [0.1, 0.15) is 0 Å². The van der Waals surface area contributed by atoms with Gasteiger partial charge in [-0.3, -0.25) is 0 Å². The quantitative estimate of drug-likeness (QED) is 0.696. The van der Waals surface area contributed by atoms with E-state index in [4.69, 9.17) is 0 Å². The van der Waals surface area contributed by atoms with E-state index in [-0.39, 0.29) is 0 Å². The second kappa shape index (κ2) is 3.99. The molecule has 0 atom stereocenters. The fraction of sp³-hybridized carbons (Fsp3) is 1.00. The molecule has 0 aromatic heterocycles. The van der Waals surface area contributed by atoms with Crippen molar-refractivity contribution in [3.63, 3.8) is 0 Å². The second-order valence-electron chi connectivity index (χ2n) is 6.85. The first-order valence-corrected chi connectivity index (χ1v) is 24.0. The number of hydrogen-bond acceptors (Lipinski definition) is 0. The van der Waals surface area contributed by atoms with E-state index in [1.54, 1.807) is 0 Å². The van der Waals surface area contributed by atoms with Crippen LogP contribution in [0.2, 0.25) is 58.9 Å². The third-order valence-electron chi connectivity index (χ3n) is 2.01. The summed E-state index contributed by atoms with van der Waals surface area (Å²) in [4.78, 5) is 0. The molecule has 0 radical (unpaired) electrons. The average molecular weight is 294 g/mol. The summed E-state index contributed by atoms with van der Waals surface area (Å²) in [5, 5.41) is 0. The molecule has 0 aromatic carbocycles. The van der Waals surface area contributed by atoms with Gasteiger partial charge in [-0.2, -0.15) is 0 Å². The maximum absolute atomic E-state index is 2.63. The van der Waals surface area contributed by atoms with Crippen LogP contribution in [0, 0.1) is 0 Å². The van der Waals surface area contributed by atoms with Gasteiger partial charge in [0.05, 0.1) is 0 Å². The van der Waals surface area contributed by atoms with Crippen molar-refractivity contribution in [2.24, 2.45) is 0 Å². The summed E-state index contributed by atoms with van der Waals surface area (Å²) in [7, 11) is 0. The molecule has 0 saturated carbocycles. The molecule has 0 N–H and O–H groups in total. The SMILES string of the molecule is C[Si](C)(C)[As]([Si](C)(C)C)[Si](C)(C)C. The molecule has 0 amide bonds. The predicted molar refractivity (Wildman–Crippen MR) is 75.8 cm³/mol. The van der Waals surface area contributed by atoms with E-state index in [1.807, 2.05) is 0 Å². The van der Waals surface area contributed by atoms with E-state index in [1.165, 1.54) is 0 Å². The Kier molecular flexibility index (Phi) is 4.36. The molecular weight excluding hydrogens is 267 g/mol. The van der Waals surface area contributed by atoms with E-state index >= 15 is 0 Å². The Morgan fingerprint density at radius 3 is 0.615 bits per heavy atom. The van der Waals surface area contributed by atoms with Crippen molar-refractivity contribution < 1.29 is 0 Å². The maximum atomic E-state index is 2.63. The van der Waals surface area contributed by atoms with Gasteiger partial charge in [0, 0.05) is 0 Å². The zero-order chi connectivity index (χ0) is 11.1. The van der Waals surface area contributed by atoms with Crippen LogP contribution in [-0.2, 0) is 0 Å². The zero-order valence-corrected chi connectivity index (χ0v) is 15.8. The van der Waals surface area contributed by atoms with Gasteiger partial charge in [-0.15, -0.1) is 0 Å². The van der Waals surface area contributed by atoms with Crippen LogP contribution in [0.25, 0.3) is 0 Å². The number of hydrogen-bond donors (Lipinski definition) is 0. The van der Waals surface area contributed by atoms with E-state index in [9.17, 15) is 0 Å². The molecule has 13 heavy (non-hydrogen) atoms. The van der Waals surface area contributed by atoms with Crippen LogP contribution in [0.4, 0.5) is 0 Å². The summed E-state index contributed by atoms with van der Waals surface area (Å²) in [6, 6.07) is 0. The molecule has 0 unspecified atom stereocenters. The average Bonchev–Trinajstić information content (AvgIpc) is 1.44. The molecule has 0 aliphatic heterocycles. The summed E-state index contributed by atoms with van der Waals surface area (Å²) in [6.45, 7) is 21.3. The van der Waals surface area contributed by atoms with Gasteiger partial charge < -0.3 is 0 Å². The first kappa shape index (κ1) is 14.2. The van der Waals surface area contributed by atoms with Crippen molar-refractivity contribution in [1.29, 1.82) is 0 Å². The van der Waals surface area contributed by atoms with Gasteiger partial charge in [0.15, 0.2) is 0 Å². The van der Waals surface area contributed by atoms with E-state index < -0.39 is 32.3 Å². The molecule has 0 heterocycles. The van der Waals surface area contributed by atoms with Gasteiger partial charge in [-0.25, -0.2) is 0 Å². The Bertz CT molecular complexity index is 137. The van der Waals surface area contributed by atoms with Crippen LogP contribution in [0.5, 0.6) is 0 Å². The Hall–Kier alpha value is 1.21. The topological polar surface area (TPSA) is 0 Å². The molecular formula is C9H27AsSi3. The summed E-state index contributed by atoms with van der Waals surface area (Å²) in [5.41, 5.74) is 0. The summed E-state index contributed by atoms with van der Waals surface area (Å²) in [6.07, 6.45) is 0. The minimum atomic E-state index is -0.788. The Balaban J connectivity index is 5.02. The van der Waals surface area contributed by atoms with Crippen molar-refractivity contribution in [2.45, 2.75) is 58.9 Å². The third kappa shape index (κ3) is 4.50. The normalized spacial score (nSPS) is 15.2. The predicted octanol–water partition coefficient (Wildman–Crippen LogP) is 3.73. The second-order valence-corrected chi connectivity index (χ2v) is 60.6. The molecule has 0 nitrogen and oxygen atoms in total. The molecule has 0 aliphatic rings. The standard InChI is InChI=1S/C9H27AsSi3/c1-11(2,3)10(12(4,5)6)13(7,8)9/h1-9H3.